The Balaban J connectivity index is 2.49. The molecule has 0 aromatic rings. The van der Waals surface area contributed by atoms with Crippen LogP contribution in [0.3, 0.4) is 0 Å². The molecule has 0 saturated carbocycles. The normalized spacial score (nSPS) is 19.6. The number of carbonyl (C=O) groups excluding carboxylic acids is 1. The van der Waals surface area contributed by atoms with E-state index in [4.69, 9.17) is 11.5 Å². The molecular weight excluding hydrogens is 286 g/mol. The maximum absolute atomic E-state index is 12.3. The Morgan fingerprint density at radius 2 is 2.18 bits per heavy atom. The Labute approximate surface area is 130 Å². The fourth-order valence-corrected chi connectivity index (χ4v) is 2.71. The van der Waals surface area contributed by atoms with Gasteiger partial charge in [0.15, 0.2) is 5.96 Å². The van der Waals surface area contributed by atoms with E-state index in [-0.39, 0.29) is 17.9 Å². The highest BCUT2D eigenvalue weighted by Gasteiger charge is 2.32. The summed E-state index contributed by atoms with van der Waals surface area (Å²) in [6.45, 7) is 4.18. The second-order valence-electron chi connectivity index (χ2n) is 5.54. The van der Waals surface area contributed by atoms with Crippen LogP contribution in [0.5, 0.6) is 0 Å². The number of nitrogens with one attached hydrogen (secondary N) is 1. The summed E-state index contributed by atoms with van der Waals surface area (Å²) in [6, 6.07) is -1.11. The number of rotatable bonds is 9. The minimum Gasteiger partial charge on any atom is -0.480 e. The van der Waals surface area contributed by atoms with E-state index in [2.05, 4.69) is 22.1 Å². The average molecular weight is 313 g/mol. The zero-order valence-corrected chi connectivity index (χ0v) is 13.1. The molecule has 1 saturated heterocycles. The van der Waals surface area contributed by atoms with E-state index in [1.165, 1.54) is 0 Å². The van der Waals surface area contributed by atoms with Crippen molar-refractivity contribution in [2.75, 3.05) is 19.6 Å². The maximum atomic E-state index is 12.3. The largest absolute Gasteiger partial charge is 0.480 e. The van der Waals surface area contributed by atoms with Crippen LogP contribution in [0.1, 0.15) is 39.0 Å². The number of carbonyl (C=O) groups is 2. The van der Waals surface area contributed by atoms with Crippen LogP contribution in [-0.2, 0) is 9.59 Å². The topological polar surface area (TPSA) is 134 Å². The van der Waals surface area contributed by atoms with Crippen molar-refractivity contribution in [3.05, 3.63) is 0 Å². The number of hydrogen-bond acceptors (Lipinski definition) is 4. The number of likely N-dealkylation sites (tertiary alicyclic amines) is 1. The molecule has 0 aliphatic carbocycles. The van der Waals surface area contributed by atoms with Crippen LogP contribution >= 0.6 is 0 Å². The van der Waals surface area contributed by atoms with Gasteiger partial charge in [-0.2, -0.15) is 0 Å². The van der Waals surface area contributed by atoms with Crippen molar-refractivity contribution in [3.63, 3.8) is 0 Å². The van der Waals surface area contributed by atoms with Gasteiger partial charge in [-0.15, -0.1) is 0 Å². The lowest BCUT2D eigenvalue weighted by Gasteiger charge is -2.24. The molecule has 8 heteroatoms. The Hall–Kier alpha value is -1.83. The molecule has 8 nitrogen and oxygen atoms in total. The lowest BCUT2D eigenvalue weighted by molar-refractivity contribution is -0.142. The van der Waals surface area contributed by atoms with Crippen LogP contribution in [-0.4, -0.2) is 59.6 Å². The van der Waals surface area contributed by atoms with Gasteiger partial charge in [-0.05, 0) is 45.2 Å². The third-order valence-electron chi connectivity index (χ3n) is 3.74. The van der Waals surface area contributed by atoms with Crippen molar-refractivity contribution in [2.45, 2.75) is 51.1 Å². The van der Waals surface area contributed by atoms with Crippen LogP contribution in [0, 0.1) is 0 Å². The van der Waals surface area contributed by atoms with Crippen molar-refractivity contribution in [1.82, 2.24) is 10.2 Å². The van der Waals surface area contributed by atoms with Gasteiger partial charge in [-0.1, -0.05) is 6.92 Å². The van der Waals surface area contributed by atoms with Crippen molar-refractivity contribution in [3.8, 4) is 0 Å². The van der Waals surface area contributed by atoms with Gasteiger partial charge in [0.1, 0.15) is 6.04 Å². The Morgan fingerprint density at radius 3 is 2.77 bits per heavy atom. The molecule has 0 spiro atoms. The zero-order valence-electron chi connectivity index (χ0n) is 13.1. The SMILES string of the molecule is CCCN1CCCC1C(=O)NC(CCCN=C(N)N)C(=O)O. The predicted molar refractivity (Wildman–Crippen MR) is 84.4 cm³/mol. The molecule has 1 fully saturated rings. The second-order valence-corrected chi connectivity index (χ2v) is 5.54. The number of hydrogen-bond donors (Lipinski definition) is 4. The van der Waals surface area contributed by atoms with Crippen LogP contribution in [0.2, 0.25) is 0 Å². The summed E-state index contributed by atoms with van der Waals surface area (Å²) in [5.74, 6) is -1.24. The minimum atomic E-state index is -1.03. The summed E-state index contributed by atoms with van der Waals surface area (Å²) in [7, 11) is 0. The highest BCUT2D eigenvalue weighted by atomic mass is 16.4. The van der Waals surface area contributed by atoms with Crippen molar-refractivity contribution < 1.29 is 14.7 Å². The number of carboxylic acid groups (broad SMARTS) is 1. The molecule has 2 unspecified atom stereocenters. The first-order valence-electron chi connectivity index (χ1n) is 7.78. The smallest absolute Gasteiger partial charge is 0.326 e. The molecule has 22 heavy (non-hydrogen) atoms. The van der Waals surface area contributed by atoms with E-state index in [0.29, 0.717) is 19.4 Å². The summed E-state index contributed by atoms with van der Waals surface area (Å²) >= 11 is 0. The van der Waals surface area contributed by atoms with Gasteiger partial charge in [-0.25, -0.2) is 4.79 Å². The summed E-state index contributed by atoms with van der Waals surface area (Å²) in [6.07, 6.45) is 3.54. The molecule has 0 aromatic carbocycles. The van der Waals surface area contributed by atoms with Crippen molar-refractivity contribution in [1.29, 1.82) is 0 Å². The highest BCUT2D eigenvalue weighted by molar-refractivity contribution is 5.87. The summed E-state index contributed by atoms with van der Waals surface area (Å²) in [4.78, 5) is 29.5. The van der Waals surface area contributed by atoms with Crippen LogP contribution < -0.4 is 16.8 Å². The maximum Gasteiger partial charge on any atom is 0.326 e. The Bertz CT molecular complexity index is 409. The molecule has 1 rings (SSSR count). The molecule has 126 valence electrons. The van der Waals surface area contributed by atoms with E-state index >= 15 is 0 Å². The summed E-state index contributed by atoms with van der Waals surface area (Å²) in [5, 5.41) is 11.9. The number of nitrogens with two attached hydrogens (primary N) is 2. The standard InChI is InChI=1S/C14H27N5O3/c1-2-8-19-9-4-6-11(19)12(20)18-10(13(21)22)5-3-7-17-14(15)16/h10-11H,2-9H2,1H3,(H,18,20)(H,21,22)(H4,15,16,17). The van der Waals surface area contributed by atoms with E-state index in [9.17, 15) is 14.7 Å². The molecule has 1 aliphatic rings. The molecule has 0 radical (unpaired) electrons. The van der Waals surface area contributed by atoms with Crippen LogP contribution in [0.15, 0.2) is 4.99 Å². The summed E-state index contributed by atoms with van der Waals surface area (Å²) in [5.41, 5.74) is 10.4. The lowest BCUT2D eigenvalue weighted by atomic mass is 10.1. The van der Waals surface area contributed by atoms with E-state index in [1.807, 2.05) is 0 Å². The number of carboxylic acids is 1. The van der Waals surface area contributed by atoms with Gasteiger partial charge in [0.2, 0.25) is 5.91 Å². The van der Waals surface area contributed by atoms with Gasteiger partial charge in [-0.3, -0.25) is 14.7 Å². The van der Waals surface area contributed by atoms with Gasteiger partial charge < -0.3 is 21.9 Å². The molecule has 1 amide bonds. The third-order valence-corrected chi connectivity index (χ3v) is 3.74. The molecule has 6 N–H and O–H groups in total. The second kappa shape index (κ2) is 9.24. The van der Waals surface area contributed by atoms with E-state index in [0.717, 1.165) is 32.4 Å². The zero-order chi connectivity index (χ0) is 16.5. The molecule has 1 aliphatic heterocycles. The minimum absolute atomic E-state index is 0.0166. The fraction of sp³-hybridized carbons (Fsp3) is 0.786. The molecule has 2 atom stereocenters. The van der Waals surface area contributed by atoms with Crippen LogP contribution in [0.4, 0.5) is 0 Å². The van der Waals surface area contributed by atoms with Gasteiger partial charge in [0.05, 0.1) is 6.04 Å². The first kappa shape index (κ1) is 18.2. The van der Waals surface area contributed by atoms with Crippen LogP contribution in [0.25, 0.3) is 0 Å². The number of guanidine groups is 1. The summed E-state index contributed by atoms with van der Waals surface area (Å²) < 4.78 is 0. The molecule has 1 heterocycles. The molecular formula is C14H27N5O3. The number of aliphatic carboxylic acids is 1. The van der Waals surface area contributed by atoms with Gasteiger partial charge >= 0.3 is 5.97 Å². The lowest BCUT2D eigenvalue weighted by Crippen LogP contribution is -2.49. The number of amides is 1. The fourth-order valence-electron chi connectivity index (χ4n) is 2.71. The number of nitrogens with zero attached hydrogens (tertiary/aromatic N) is 2. The average Bonchev–Trinajstić information content (AvgIpc) is 2.90. The Kier molecular flexibility index (Phi) is 7.65. The van der Waals surface area contributed by atoms with E-state index in [1.54, 1.807) is 0 Å². The monoisotopic (exact) mass is 313 g/mol. The third kappa shape index (κ3) is 5.88. The first-order valence-corrected chi connectivity index (χ1v) is 7.78. The van der Waals surface area contributed by atoms with Gasteiger partial charge in [0, 0.05) is 6.54 Å². The van der Waals surface area contributed by atoms with Crippen molar-refractivity contribution >= 4 is 17.8 Å². The molecule has 0 bridgehead atoms. The highest BCUT2D eigenvalue weighted by Crippen LogP contribution is 2.17. The van der Waals surface area contributed by atoms with Gasteiger partial charge in [0.25, 0.3) is 0 Å². The Morgan fingerprint density at radius 1 is 1.45 bits per heavy atom. The van der Waals surface area contributed by atoms with E-state index < -0.39 is 12.0 Å². The van der Waals surface area contributed by atoms with Crippen molar-refractivity contribution in [2.24, 2.45) is 16.5 Å². The number of aliphatic imine (C=N–C) groups is 1. The quantitative estimate of drug-likeness (QED) is 0.257. The first-order chi connectivity index (χ1) is 10.5. The predicted octanol–water partition coefficient (Wildman–Crippen LogP) is -0.516. The molecule has 0 aromatic heterocycles.